The van der Waals surface area contributed by atoms with Crippen LogP contribution in [0.2, 0.25) is 0 Å². The fourth-order valence-electron chi connectivity index (χ4n) is 2.66. The highest BCUT2D eigenvalue weighted by Gasteiger charge is 2.25. The Bertz CT molecular complexity index is 783. The molecule has 0 N–H and O–H groups in total. The van der Waals surface area contributed by atoms with Crippen molar-refractivity contribution in [3.05, 3.63) is 47.9 Å². The van der Waals surface area contributed by atoms with Crippen LogP contribution in [-0.4, -0.2) is 23.0 Å². The number of aryl methyl sites for hydroxylation is 1. The second-order valence-corrected chi connectivity index (χ2v) is 5.08. The highest BCUT2D eigenvalue weighted by Crippen LogP contribution is 2.27. The van der Waals surface area contributed by atoms with E-state index in [9.17, 15) is 0 Å². The number of hydrogen-bond donors (Lipinski definition) is 0. The molecule has 2 unspecified atom stereocenters. The third-order valence-corrected chi connectivity index (χ3v) is 3.55. The largest absolute Gasteiger partial charge is 0.441 e. The monoisotopic (exact) mass is 266 g/mol. The second-order valence-electron chi connectivity index (χ2n) is 5.08. The highest BCUT2D eigenvalue weighted by atomic mass is 16.5. The topological polar surface area (TPSA) is 47.6 Å². The van der Waals surface area contributed by atoms with Crippen molar-refractivity contribution in [2.45, 2.75) is 26.2 Å². The Morgan fingerprint density at radius 2 is 2.15 bits per heavy atom. The first-order chi connectivity index (χ1) is 9.69. The molecule has 1 aromatic heterocycles. The van der Waals surface area contributed by atoms with Gasteiger partial charge in [0.1, 0.15) is 17.8 Å². The first-order valence-corrected chi connectivity index (χ1v) is 6.70. The summed E-state index contributed by atoms with van der Waals surface area (Å²) in [5, 5.41) is 0. The predicted octanol–water partition coefficient (Wildman–Crippen LogP) is 3.28. The van der Waals surface area contributed by atoms with Crippen LogP contribution >= 0.6 is 0 Å². The van der Waals surface area contributed by atoms with E-state index >= 15 is 0 Å². The highest BCUT2D eigenvalue weighted by molar-refractivity contribution is 6.09. The summed E-state index contributed by atoms with van der Waals surface area (Å²) in [6, 6.07) is 6.05. The predicted molar refractivity (Wildman–Crippen MR) is 77.6 cm³/mol. The molecule has 0 spiro atoms. The first-order valence-electron chi connectivity index (χ1n) is 6.70. The van der Waals surface area contributed by atoms with Gasteiger partial charge in [-0.15, -0.1) is 0 Å². The van der Waals surface area contributed by atoms with Gasteiger partial charge >= 0.3 is 0 Å². The summed E-state index contributed by atoms with van der Waals surface area (Å²) in [4.78, 5) is 8.86. The molecule has 0 saturated heterocycles. The van der Waals surface area contributed by atoms with Crippen molar-refractivity contribution in [3.8, 4) is 0 Å². The van der Waals surface area contributed by atoms with Gasteiger partial charge in [-0.25, -0.2) is 4.98 Å². The van der Waals surface area contributed by atoms with Crippen molar-refractivity contribution in [2.24, 2.45) is 4.99 Å². The maximum atomic E-state index is 5.66. The fourth-order valence-corrected chi connectivity index (χ4v) is 2.66. The van der Waals surface area contributed by atoms with Gasteiger partial charge in [-0.05, 0) is 42.3 Å². The van der Waals surface area contributed by atoms with E-state index in [0.717, 1.165) is 27.9 Å². The minimum Gasteiger partial charge on any atom is -0.441 e. The molecule has 2 atom stereocenters. The summed E-state index contributed by atoms with van der Waals surface area (Å²) < 4.78 is 11.2. The Balaban J connectivity index is 1.77. The number of rotatable bonds is 1. The van der Waals surface area contributed by atoms with Gasteiger partial charge in [-0.3, -0.25) is 4.99 Å². The summed E-state index contributed by atoms with van der Waals surface area (Å²) in [6.07, 6.45) is 6.16. The van der Waals surface area contributed by atoms with Crippen LogP contribution in [0, 0.1) is 6.92 Å². The van der Waals surface area contributed by atoms with Crippen LogP contribution in [0.25, 0.3) is 16.7 Å². The number of hydrogen-bond acceptors (Lipinski definition) is 4. The Hall–Kier alpha value is -2.20. The van der Waals surface area contributed by atoms with E-state index in [1.54, 1.807) is 0 Å². The van der Waals surface area contributed by atoms with Crippen LogP contribution < -0.4 is 0 Å². The average Bonchev–Trinajstić information content (AvgIpc) is 2.97. The van der Waals surface area contributed by atoms with Crippen molar-refractivity contribution >= 4 is 22.4 Å². The van der Waals surface area contributed by atoms with E-state index in [1.807, 2.05) is 32.0 Å². The van der Waals surface area contributed by atoms with Gasteiger partial charge in [0.15, 0.2) is 11.5 Å². The van der Waals surface area contributed by atoms with Gasteiger partial charge in [0.25, 0.3) is 0 Å². The maximum absolute atomic E-state index is 5.66. The van der Waals surface area contributed by atoms with Crippen LogP contribution in [-0.2, 0) is 4.74 Å². The molecular weight excluding hydrogens is 252 g/mol. The van der Waals surface area contributed by atoms with Crippen LogP contribution in [0.5, 0.6) is 0 Å². The van der Waals surface area contributed by atoms with Gasteiger partial charge in [0.05, 0.1) is 5.71 Å². The normalized spacial score (nSPS) is 24.7. The zero-order valence-electron chi connectivity index (χ0n) is 11.3. The van der Waals surface area contributed by atoms with Gasteiger partial charge in [-0.1, -0.05) is 12.1 Å². The van der Waals surface area contributed by atoms with E-state index in [2.05, 4.69) is 28.2 Å². The molecule has 4 nitrogen and oxygen atoms in total. The average molecular weight is 266 g/mol. The number of allylic oxidation sites excluding steroid dienone is 2. The van der Waals surface area contributed by atoms with E-state index in [-0.39, 0.29) is 12.3 Å². The number of aromatic nitrogens is 1. The van der Waals surface area contributed by atoms with Crippen LogP contribution in [0.4, 0.5) is 0 Å². The molecule has 2 aromatic rings. The molecular formula is C16H14N2O2. The van der Waals surface area contributed by atoms with Crippen LogP contribution in [0.15, 0.2) is 45.8 Å². The van der Waals surface area contributed by atoms with Crippen molar-refractivity contribution in [1.29, 1.82) is 0 Å². The first kappa shape index (κ1) is 11.6. The molecule has 20 heavy (non-hydrogen) atoms. The molecule has 1 aliphatic heterocycles. The van der Waals surface area contributed by atoms with E-state index < -0.39 is 0 Å². The zero-order valence-corrected chi connectivity index (χ0v) is 11.3. The van der Waals surface area contributed by atoms with E-state index in [1.165, 1.54) is 0 Å². The molecule has 4 rings (SSSR count). The van der Waals surface area contributed by atoms with Gasteiger partial charge in [0.2, 0.25) is 0 Å². The Morgan fingerprint density at radius 3 is 3.05 bits per heavy atom. The van der Waals surface area contributed by atoms with Crippen molar-refractivity contribution in [2.75, 3.05) is 0 Å². The summed E-state index contributed by atoms with van der Waals surface area (Å²) in [5.74, 6) is 0.688. The molecule has 100 valence electrons. The van der Waals surface area contributed by atoms with E-state index in [4.69, 9.17) is 9.15 Å². The molecule has 4 heteroatoms. The fraction of sp³-hybridized carbons (Fsp3) is 0.250. The molecule has 0 radical (unpaired) electrons. The van der Waals surface area contributed by atoms with E-state index in [0.29, 0.717) is 5.89 Å². The lowest BCUT2D eigenvalue weighted by atomic mass is 9.97. The Morgan fingerprint density at radius 1 is 1.25 bits per heavy atom. The summed E-state index contributed by atoms with van der Waals surface area (Å²) in [7, 11) is 0. The lowest BCUT2D eigenvalue weighted by Gasteiger charge is -2.13. The smallest absolute Gasteiger partial charge is 0.192 e. The third-order valence-electron chi connectivity index (χ3n) is 3.55. The molecule has 1 aromatic carbocycles. The molecule has 0 fully saturated rings. The van der Waals surface area contributed by atoms with Crippen molar-refractivity contribution in [1.82, 2.24) is 4.98 Å². The Kier molecular flexibility index (Phi) is 2.41. The van der Waals surface area contributed by atoms with Crippen LogP contribution in [0.1, 0.15) is 18.4 Å². The zero-order chi connectivity index (χ0) is 13.7. The quantitative estimate of drug-likeness (QED) is 0.795. The lowest BCUT2D eigenvalue weighted by Crippen LogP contribution is -2.17. The number of ether oxygens (including phenoxy) is 1. The standard InChI is InChI=1S/C16H14N2O2/c1-9-17-13-7-11(3-5-15(13)19-9)12-4-6-16-14(8-12)18-10(2)20-16/h3-9,15H,1-2H3. The maximum Gasteiger partial charge on any atom is 0.192 e. The molecule has 0 saturated carbocycles. The minimum atomic E-state index is -0.0593. The molecule has 2 aliphatic rings. The number of oxazole rings is 1. The number of nitrogens with zero attached hydrogens (tertiary/aromatic N) is 2. The number of fused-ring (bicyclic) bond motifs is 2. The summed E-state index contributed by atoms with van der Waals surface area (Å²) in [6.45, 7) is 3.81. The minimum absolute atomic E-state index is 0.00627. The van der Waals surface area contributed by atoms with Crippen LogP contribution in [0.3, 0.4) is 0 Å². The molecule has 1 aliphatic carbocycles. The van der Waals surface area contributed by atoms with Crippen molar-refractivity contribution < 1.29 is 9.15 Å². The van der Waals surface area contributed by atoms with Gasteiger partial charge < -0.3 is 9.15 Å². The molecule has 0 amide bonds. The molecule has 2 heterocycles. The molecule has 0 bridgehead atoms. The number of aliphatic imine (C=N–C) groups is 1. The lowest BCUT2D eigenvalue weighted by molar-refractivity contribution is 0.0867. The summed E-state index contributed by atoms with van der Waals surface area (Å²) in [5.41, 5.74) is 4.93. The van der Waals surface area contributed by atoms with Gasteiger partial charge in [-0.2, -0.15) is 0 Å². The van der Waals surface area contributed by atoms with Crippen molar-refractivity contribution in [3.63, 3.8) is 0 Å². The Labute approximate surface area is 116 Å². The third kappa shape index (κ3) is 1.80. The second kappa shape index (κ2) is 4.15. The van der Waals surface area contributed by atoms with Gasteiger partial charge in [0, 0.05) is 6.92 Å². The SMILES string of the molecule is Cc1nc2cc(C3=CC4=NC(C)OC4C=C3)ccc2o1. The summed E-state index contributed by atoms with van der Waals surface area (Å²) >= 11 is 0. The number of benzene rings is 1.